The summed E-state index contributed by atoms with van der Waals surface area (Å²) in [6, 6.07) is 6.82. The van der Waals surface area contributed by atoms with Crippen LogP contribution in [0.2, 0.25) is 0 Å². The van der Waals surface area contributed by atoms with Crippen LogP contribution in [-0.4, -0.2) is 13.6 Å². The Balaban J connectivity index is 2.27. The van der Waals surface area contributed by atoms with E-state index in [4.69, 9.17) is 0 Å². The third kappa shape index (κ3) is 2.30. The zero-order valence-electron chi connectivity index (χ0n) is 10.7. The molecule has 2 unspecified atom stereocenters. The molecule has 1 aliphatic rings. The minimum atomic E-state index is 0.770. The van der Waals surface area contributed by atoms with E-state index in [1.165, 1.54) is 24.8 Å². The highest BCUT2D eigenvalue weighted by Gasteiger charge is 2.24. The second-order valence-corrected chi connectivity index (χ2v) is 5.28. The van der Waals surface area contributed by atoms with Crippen molar-refractivity contribution < 1.29 is 0 Å². The molecule has 0 bridgehead atoms. The van der Waals surface area contributed by atoms with E-state index in [1.54, 1.807) is 11.1 Å². The second-order valence-electron chi connectivity index (χ2n) is 5.28. The molecule has 1 aromatic carbocycles. The molecule has 0 radical (unpaired) electrons. The zero-order chi connectivity index (χ0) is 11.5. The molecule has 16 heavy (non-hydrogen) atoms. The topological polar surface area (TPSA) is 12.0 Å². The van der Waals surface area contributed by atoms with Gasteiger partial charge in [-0.15, -0.1) is 0 Å². The lowest BCUT2D eigenvalue weighted by Gasteiger charge is -2.31. The molecular weight excluding hydrogens is 194 g/mol. The van der Waals surface area contributed by atoms with Gasteiger partial charge in [-0.1, -0.05) is 25.1 Å². The van der Waals surface area contributed by atoms with Crippen molar-refractivity contribution in [3.8, 4) is 0 Å². The van der Waals surface area contributed by atoms with Gasteiger partial charge < -0.3 is 5.32 Å². The lowest BCUT2D eigenvalue weighted by Crippen LogP contribution is -2.21. The molecule has 1 nitrogen and oxygen atoms in total. The van der Waals surface area contributed by atoms with E-state index in [1.807, 2.05) is 7.05 Å². The first kappa shape index (κ1) is 11.7. The molecule has 0 heterocycles. The summed E-state index contributed by atoms with van der Waals surface area (Å²) in [6.07, 6.45) is 3.91. The van der Waals surface area contributed by atoms with E-state index in [0.29, 0.717) is 0 Å². The molecule has 1 N–H and O–H groups in total. The average molecular weight is 217 g/mol. The highest BCUT2D eigenvalue weighted by Crippen LogP contribution is 2.37. The third-order valence-corrected chi connectivity index (χ3v) is 3.87. The highest BCUT2D eigenvalue weighted by molar-refractivity contribution is 5.39. The SMILES string of the molecule is CNCCC1CC(C)Cc2c(C)cccc21. The monoisotopic (exact) mass is 217 g/mol. The van der Waals surface area contributed by atoms with Crippen molar-refractivity contribution in [2.24, 2.45) is 5.92 Å². The van der Waals surface area contributed by atoms with E-state index in [-0.39, 0.29) is 0 Å². The molecule has 0 spiro atoms. The number of hydrogen-bond acceptors (Lipinski definition) is 1. The smallest absolute Gasteiger partial charge is 0.00461 e. The van der Waals surface area contributed by atoms with E-state index >= 15 is 0 Å². The quantitative estimate of drug-likeness (QED) is 0.819. The Morgan fingerprint density at radius 3 is 2.94 bits per heavy atom. The van der Waals surface area contributed by atoms with Crippen LogP contribution in [0.1, 0.15) is 42.4 Å². The normalized spacial score (nSPS) is 24.2. The fourth-order valence-electron chi connectivity index (χ4n) is 3.02. The Hall–Kier alpha value is -0.820. The molecule has 0 aromatic heterocycles. The van der Waals surface area contributed by atoms with Crippen molar-refractivity contribution in [3.63, 3.8) is 0 Å². The van der Waals surface area contributed by atoms with Crippen LogP contribution in [-0.2, 0) is 6.42 Å². The molecule has 2 atom stereocenters. The van der Waals surface area contributed by atoms with Crippen molar-refractivity contribution in [1.29, 1.82) is 0 Å². The van der Waals surface area contributed by atoms with Gasteiger partial charge >= 0.3 is 0 Å². The second kappa shape index (κ2) is 5.01. The largest absolute Gasteiger partial charge is 0.320 e. The van der Waals surface area contributed by atoms with Crippen LogP contribution in [0.3, 0.4) is 0 Å². The van der Waals surface area contributed by atoms with Gasteiger partial charge in [-0.3, -0.25) is 0 Å². The van der Waals surface area contributed by atoms with Gasteiger partial charge in [-0.25, -0.2) is 0 Å². The predicted molar refractivity (Wildman–Crippen MR) is 69.9 cm³/mol. The Kier molecular flexibility index (Phi) is 3.65. The summed E-state index contributed by atoms with van der Waals surface area (Å²) in [5, 5.41) is 3.28. The van der Waals surface area contributed by atoms with Crippen LogP contribution in [0.15, 0.2) is 18.2 Å². The van der Waals surface area contributed by atoms with Crippen molar-refractivity contribution in [1.82, 2.24) is 5.32 Å². The van der Waals surface area contributed by atoms with Crippen molar-refractivity contribution >= 4 is 0 Å². The summed E-state index contributed by atoms with van der Waals surface area (Å²) in [7, 11) is 2.05. The maximum atomic E-state index is 3.28. The molecule has 1 heteroatoms. The molecule has 0 fully saturated rings. The summed E-state index contributed by atoms with van der Waals surface area (Å²) >= 11 is 0. The molecule has 0 amide bonds. The lowest BCUT2D eigenvalue weighted by molar-refractivity contribution is 0.411. The lowest BCUT2D eigenvalue weighted by atomic mass is 9.75. The standard InChI is InChI=1S/C15H23N/c1-11-9-13(7-8-16-3)14-6-4-5-12(2)15(14)10-11/h4-6,11,13,16H,7-10H2,1-3H3. The van der Waals surface area contributed by atoms with Gasteiger partial charge in [-0.05, 0) is 68.3 Å². The first-order valence-electron chi connectivity index (χ1n) is 6.45. The van der Waals surface area contributed by atoms with Gasteiger partial charge in [0.25, 0.3) is 0 Å². The summed E-state index contributed by atoms with van der Waals surface area (Å²) in [4.78, 5) is 0. The average Bonchev–Trinajstić information content (AvgIpc) is 2.27. The van der Waals surface area contributed by atoms with Crippen molar-refractivity contribution in [2.75, 3.05) is 13.6 Å². The van der Waals surface area contributed by atoms with Gasteiger partial charge in [-0.2, -0.15) is 0 Å². The molecule has 1 aliphatic carbocycles. The van der Waals surface area contributed by atoms with Crippen LogP contribution in [0.5, 0.6) is 0 Å². The maximum absolute atomic E-state index is 3.28. The number of nitrogens with one attached hydrogen (secondary N) is 1. The van der Waals surface area contributed by atoms with Crippen LogP contribution < -0.4 is 5.32 Å². The van der Waals surface area contributed by atoms with Crippen LogP contribution in [0.25, 0.3) is 0 Å². The van der Waals surface area contributed by atoms with Crippen LogP contribution in [0.4, 0.5) is 0 Å². The molecule has 0 aliphatic heterocycles. The zero-order valence-corrected chi connectivity index (χ0v) is 10.7. The van der Waals surface area contributed by atoms with Crippen LogP contribution >= 0.6 is 0 Å². The van der Waals surface area contributed by atoms with Crippen LogP contribution in [0, 0.1) is 12.8 Å². The molecule has 0 saturated heterocycles. The Bertz CT molecular complexity index is 356. The molecule has 1 aromatic rings. The predicted octanol–water partition coefficient (Wildman–Crippen LogP) is 3.27. The molecule has 0 saturated carbocycles. The summed E-state index contributed by atoms with van der Waals surface area (Å²) < 4.78 is 0. The van der Waals surface area contributed by atoms with Crippen molar-refractivity contribution in [2.45, 2.75) is 39.0 Å². The van der Waals surface area contributed by atoms with Gasteiger partial charge in [0.1, 0.15) is 0 Å². The highest BCUT2D eigenvalue weighted by atomic mass is 14.8. The first-order valence-corrected chi connectivity index (χ1v) is 6.45. The van der Waals surface area contributed by atoms with E-state index in [9.17, 15) is 0 Å². The van der Waals surface area contributed by atoms with Gasteiger partial charge in [0.2, 0.25) is 0 Å². The van der Waals surface area contributed by atoms with E-state index < -0.39 is 0 Å². The number of fused-ring (bicyclic) bond motifs is 1. The van der Waals surface area contributed by atoms with Gasteiger partial charge in [0.05, 0.1) is 0 Å². The summed E-state index contributed by atoms with van der Waals surface area (Å²) in [5.74, 6) is 1.61. The fourth-order valence-corrected chi connectivity index (χ4v) is 3.02. The third-order valence-electron chi connectivity index (χ3n) is 3.87. The molecule has 88 valence electrons. The van der Waals surface area contributed by atoms with Crippen molar-refractivity contribution in [3.05, 3.63) is 34.9 Å². The summed E-state index contributed by atoms with van der Waals surface area (Å²) in [6.45, 7) is 5.78. The van der Waals surface area contributed by atoms with Gasteiger partial charge in [0.15, 0.2) is 0 Å². The number of benzene rings is 1. The van der Waals surface area contributed by atoms with E-state index in [2.05, 4.69) is 37.4 Å². The minimum absolute atomic E-state index is 0.770. The fraction of sp³-hybridized carbons (Fsp3) is 0.600. The number of hydrogen-bond donors (Lipinski definition) is 1. The molecular formula is C15H23N. The summed E-state index contributed by atoms with van der Waals surface area (Å²) in [5.41, 5.74) is 4.73. The minimum Gasteiger partial charge on any atom is -0.320 e. The maximum Gasteiger partial charge on any atom is -0.00461 e. The van der Waals surface area contributed by atoms with E-state index in [0.717, 1.165) is 18.4 Å². The molecule has 2 rings (SSSR count). The number of aryl methyl sites for hydroxylation is 1. The Labute approximate surface area is 99.3 Å². The number of rotatable bonds is 3. The Morgan fingerprint density at radius 2 is 2.19 bits per heavy atom. The van der Waals surface area contributed by atoms with Gasteiger partial charge in [0, 0.05) is 0 Å². The Morgan fingerprint density at radius 1 is 1.38 bits per heavy atom. The first-order chi connectivity index (χ1) is 7.72.